The fourth-order valence-corrected chi connectivity index (χ4v) is 4.53. The van der Waals surface area contributed by atoms with Crippen LogP contribution in [0.5, 0.6) is 5.75 Å². The van der Waals surface area contributed by atoms with Gasteiger partial charge < -0.3 is 10.1 Å². The smallest absolute Gasteiger partial charge is 0.258 e. The molecule has 4 rings (SSSR count). The van der Waals surface area contributed by atoms with E-state index >= 15 is 0 Å². The van der Waals surface area contributed by atoms with Crippen molar-refractivity contribution in [3.63, 3.8) is 0 Å². The van der Waals surface area contributed by atoms with Gasteiger partial charge in [0.05, 0.1) is 4.90 Å². The molecule has 146 valence electrons. The number of hydrogen-bond donors (Lipinski definition) is 1. The Labute approximate surface area is 164 Å². The van der Waals surface area contributed by atoms with Crippen LogP contribution in [0, 0.1) is 0 Å². The highest BCUT2D eigenvalue weighted by molar-refractivity contribution is 7.90. The Kier molecular flexibility index (Phi) is 5.65. The summed E-state index contributed by atoms with van der Waals surface area (Å²) in [6.07, 6.45) is 7.35. The second-order valence-electron chi connectivity index (χ2n) is 7.19. The Morgan fingerprint density at radius 3 is 2.26 bits per heavy atom. The molecular weight excluding hydrogens is 388 g/mol. The van der Waals surface area contributed by atoms with Crippen LogP contribution >= 0.6 is 12.4 Å². The molecular formula is C19H23ClN2O4S. The van der Waals surface area contributed by atoms with Crippen LogP contribution < -0.4 is 15.6 Å². The molecule has 2 bridgehead atoms. The average Bonchev–Trinajstić information content (AvgIpc) is 2.93. The van der Waals surface area contributed by atoms with Gasteiger partial charge in [-0.2, -0.15) is 0 Å². The maximum Gasteiger partial charge on any atom is 0.258 e. The number of ether oxygens (including phenoxy) is 1. The number of rotatable bonds is 4. The Bertz CT molecular complexity index is 960. The zero-order chi connectivity index (χ0) is 18.3. The van der Waals surface area contributed by atoms with Crippen LogP contribution in [0.25, 0.3) is 5.69 Å². The Balaban J connectivity index is 0.00000210. The van der Waals surface area contributed by atoms with Gasteiger partial charge in [0, 0.05) is 36.3 Å². The maximum absolute atomic E-state index is 12.5. The minimum atomic E-state index is -3.25. The lowest BCUT2D eigenvalue weighted by atomic mass is 10.0. The molecule has 3 heterocycles. The number of benzene rings is 1. The van der Waals surface area contributed by atoms with E-state index in [1.165, 1.54) is 35.6 Å². The summed E-state index contributed by atoms with van der Waals surface area (Å²) in [5.74, 6) is 0.588. The molecule has 6 nitrogen and oxygen atoms in total. The molecule has 2 unspecified atom stereocenters. The van der Waals surface area contributed by atoms with Gasteiger partial charge in [0.25, 0.3) is 5.56 Å². The molecule has 2 atom stereocenters. The summed E-state index contributed by atoms with van der Waals surface area (Å²) >= 11 is 0. The van der Waals surface area contributed by atoms with E-state index in [-0.39, 0.29) is 29.0 Å². The number of piperidine rings is 1. The van der Waals surface area contributed by atoms with Crippen molar-refractivity contribution in [3.8, 4) is 11.4 Å². The van der Waals surface area contributed by atoms with Crippen LogP contribution in [0.3, 0.4) is 0 Å². The highest BCUT2D eigenvalue weighted by Crippen LogP contribution is 2.29. The van der Waals surface area contributed by atoms with E-state index in [0.717, 1.165) is 19.1 Å². The van der Waals surface area contributed by atoms with Crippen molar-refractivity contribution in [1.82, 2.24) is 9.88 Å². The van der Waals surface area contributed by atoms with E-state index in [2.05, 4.69) is 5.32 Å². The summed E-state index contributed by atoms with van der Waals surface area (Å²) in [7, 11) is -3.25. The van der Waals surface area contributed by atoms with Crippen molar-refractivity contribution < 1.29 is 13.2 Å². The van der Waals surface area contributed by atoms with Crippen molar-refractivity contribution in [2.24, 2.45) is 0 Å². The number of fused-ring (bicyclic) bond motifs is 2. The lowest BCUT2D eigenvalue weighted by Gasteiger charge is -2.29. The molecule has 1 N–H and O–H groups in total. The molecule has 2 saturated heterocycles. The minimum Gasteiger partial charge on any atom is -0.490 e. The van der Waals surface area contributed by atoms with E-state index in [0.29, 0.717) is 23.5 Å². The third-order valence-corrected chi connectivity index (χ3v) is 6.30. The Hall–Kier alpha value is -1.83. The molecule has 1 aromatic carbocycles. The van der Waals surface area contributed by atoms with Gasteiger partial charge in [-0.3, -0.25) is 9.36 Å². The quantitative estimate of drug-likeness (QED) is 0.837. The monoisotopic (exact) mass is 410 g/mol. The minimum absolute atomic E-state index is 0. The van der Waals surface area contributed by atoms with Crippen LogP contribution in [0.4, 0.5) is 0 Å². The summed E-state index contributed by atoms with van der Waals surface area (Å²) < 4.78 is 30.6. The zero-order valence-electron chi connectivity index (χ0n) is 15.0. The molecule has 0 radical (unpaired) electrons. The fourth-order valence-electron chi connectivity index (χ4n) is 3.90. The van der Waals surface area contributed by atoms with Gasteiger partial charge in [-0.05, 0) is 56.0 Å². The molecule has 0 saturated carbocycles. The highest BCUT2D eigenvalue weighted by Gasteiger charge is 2.34. The number of aromatic nitrogens is 1. The van der Waals surface area contributed by atoms with E-state index < -0.39 is 9.84 Å². The number of halogens is 1. The number of nitrogens with one attached hydrogen (secondary N) is 1. The summed E-state index contributed by atoms with van der Waals surface area (Å²) in [5, 5.41) is 3.57. The predicted molar refractivity (Wildman–Crippen MR) is 106 cm³/mol. The molecule has 1 aromatic heterocycles. The van der Waals surface area contributed by atoms with E-state index in [4.69, 9.17) is 4.74 Å². The highest BCUT2D eigenvalue weighted by atomic mass is 35.5. The number of nitrogens with zero attached hydrogens (tertiary/aromatic N) is 1. The van der Waals surface area contributed by atoms with Crippen molar-refractivity contribution in [3.05, 3.63) is 52.9 Å². The van der Waals surface area contributed by atoms with Crippen LogP contribution in [-0.2, 0) is 9.84 Å². The van der Waals surface area contributed by atoms with Crippen molar-refractivity contribution in [1.29, 1.82) is 0 Å². The summed E-state index contributed by atoms with van der Waals surface area (Å²) in [5.41, 5.74) is 0.417. The zero-order valence-corrected chi connectivity index (χ0v) is 16.6. The fraction of sp³-hybridized carbons (Fsp3) is 0.421. The lowest BCUT2D eigenvalue weighted by molar-refractivity contribution is 0.137. The third kappa shape index (κ3) is 4.36. The summed E-state index contributed by atoms with van der Waals surface area (Å²) in [6, 6.07) is 10.6. The van der Waals surface area contributed by atoms with Gasteiger partial charge in [-0.15, -0.1) is 12.4 Å². The first kappa shape index (κ1) is 19.9. The van der Waals surface area contributed by atoms with Gasteiger partial charge in [0.2, 0.25) is 0 Å². The Morgan fingerprint density at radius 2 is 1.70 bits per heavy atom. The van der Waals surface area contributed by atoms with Gasteiger partial charge in [0.1, 0.15) is 11.9 Å². The topological polar surface area (TPSA) is 77.4 Å². The van der Waals surface area contributed by atoms with Crippen LogP contribution in [0.2, 0.25) is 0 Å². The molecule has 2 fully saturated rings. The van der Waals surface area contributed by atoms with Gasteiger partial charge in [0.15, 0.2) is 9.84 Å². The lowest BCUT2D eigenvalue weighted by Crippen LogP contribution is -2.42. The van der Waals surface area contributed by atoms with E-state index in [1.807, 2.05) is 0 Å². The first-order chi connectivity index (χ1) is 12.4. The van der Waals surface area contributed by atoms with E-state index in [9.17, 15) is 13.2 Å². The molecule has 8 heteroatoms. The van der Waals surface area contributed by atoms with Gasteiger partial charge in [-0.1, -0.05) is 0 Å². The molecule has 27 heavy (non-hydrogen) atoms. The molecule has 2 aromatic rings. The summed E-state index contributed by atoms with van der Waals surface area (Å²) in [4.78, 5) is 12.7. The first-order valence-electron chi connectivity index (χ1n) is 8.84. The predicted octanol–water partition coefficient (Wildman–Crippen LogP) is 2.32. The summed E-state index contributed by atoms with van der Waals surface area (Å²) in [6.45, 7) is 0. The second-order valence-corrected chi connectivity index (χ2v) is 9.20. The second kappa shape index (κ2) is 7.66. The number of hydrogen-bond acceptors (Lipinski definition) is 5. The molecule has 0 aliphatic carbocycles. The standard InChI is InChI=1S/C19H22N2O4S.ClH/c1-26(23,24)18-6-4-15(5-7-18)21-9-8-16(12-19(21)22)25-17-10-13-2-3-14(11-17)20-13;/h4-9,12-14,17,20H,2-3,10-11H2,1H3;1H. The molecule has 0 amide bonds. The Morgan fingerprint density at radius 1 is 1.07 bits per heavy atom. The molecule has 0 spiro atoms. The van der Waals surface area contributed by atoms with Gasteiger partial charge in [-0.25, -0.2) is 8.42 Å². The maximum atomic E-state index is 12.5. The normalized spacial score (nSPS) is 24.3. The van der Waals surface area contributed by atoms with Crippen LogP contribution in [-0.4, -0.2) is 37.4 Å². The average molecular weight is 411 g/mol. The number of sulfone groups is 1. The molecule has 2 aliphatic heterocycles. The molecule has 2 aliphatic rings. The van der Waals surface area contributed by atoms with Gasteiger partial charge >= 0.3 is 0 Å². The van der Waals surface area contributed by atoms with Crippen molar-refractivity contribution in [2.45, 2.75) is 48.8 Å². The SMILES string of the molecule is CS(=O)(=O)c1ccc(-n2ccc(OC3CC4CCC(C3)N4)cc2=O)cc1.Cl. The van der Waals surface area contributed by atoms with E-state index in [1.54, 1.807) is 24.4 Å². The number of pyridine rings is 1. The largest absolute Gasteiger partial charge is 0.490 e. The first-order valence-corrected chi connectivity index (χ1v) is 10.7. The van der Waals surface area contributed by atoms with Crippen LogP contribution in [0.1, 0.15) is 25.7 Å². The third-order valence-electron chi connectivity index (χ3n) is 5.17. The van der Waals surface area contributed by atoms with Crippen molar-refractivity contribution >= 4 is 22.2 Å². The van der Waals surface area contributed by atoms with Crippen LogP contribution in [0.15, 0.2) is 52.3 Å². The van der Waals surface area contributed by atoms with Crippen molar-refractivity contribution in [2.75, 3.05) is 6.26 Å².